The van der Waals surface area contributed by atoms with E-state index in [0.29, 0.717) is 71.0 Å². The van der Waals surface area contributed by atoms with Crippen molar-refractivity contribution in [2.75, 3.05) is 19.8 Å². The Kier molecular flexibility index (Phi) is 35.9. The van der Waals surface area contributed by atoms with Gasteiger partial charge in [-0.15, -0.1) is 0 Å². The number of hydrogen-bond acceptors (Lipinski definition) is 19. The van der Waals surface area contributed by atoms with Crippen molar-refractivity contribution in [2.45, 2.75) is 307 Å². The number of amides is 4. The van der Waals surface area contributed by atoms with E-state index in [2.05, 4.69) is 21.3 Å². The lowest BCUT2D eigenvalue weighted by Crippen LogP contribution is -2.56. The van der Waals surface area contributed by atoms with Gasteiger partial charge in [-0.2, -0.15) is 0 Å². The Morgan fingerprint density at radius 3 is 1.05 bits per heavy atom. The number of rotatable bonds is 33. The Balaban J connectivity index is 0.000000208. The van der Waals surface area contributed by atoms with Gasteiger partial charge in [0, 0.05) is 31.1 Å². The molecule has 0 unspecified atom stereocenters. The molecule has 9 N–H and O–H groups in total. The van der Waals surface area contributed by atoms with Crippen molar-refractivity contribution in [1.29, 1.82) is 0 Å². The zero-order valence-electron chi connectivity index (χ0n) is 66.7. The number of ether oxygens (including phenoxy) is 3. The normalized spacial score (nSPS) is 24.2. The van der Waals surface area contributed by atoms with Crippen molar-refractivity contribution < 1.29 is 97.3 Å². The molecule has 10 rings (SSSR count). The standard InChI is InChI=1S/C23H26N2O5.C23H32N2O5.2C19H32N2O5/c1-15(24-19(22(27)28)12-11-16-7-3-2-4-8-16)21(26)25-14-18-10-6-5-9-17(18)13-20(25)23(29)30;1-3-30-23(29)18(13-12-16-8-5-4-6-9-16)24-15(2)21(26)25-19-11-7-10-17(19)14-20(25)22(27)28;2*1-4-8-14(19(25)26-5-2)20-12(3)17(22)21-15-10-7-6-9-13(15)11-16(21)18(23)24/h2-10,15,19-20,24H,11-14H2,1H3,(H,27,28)(H,29,30);4-6,8-9,15,17-20,24H,3,7,10-14H2,1-2H3,(H,27,28);2*12-16,20H,4-11H2,1-3H3,(H,23,24)/t15-,19-,20-;15-,17-,18-,19-,20-;2*12-,13-,14-,15-,16-/m0000/s1. The molecular formula is C84H122N8O20. The first kappa shape index (κ1) is 90.3. The molecule has 6 fully saturated rings. The molecule has 28 heteroatoms. The number of carbonyl (C=O) groups excluding carboxylic acids is 7. The van der Waals surface area contributed by atoms with Crippen molar-refractivity contribution in [3.05, 3.63) is 107 Å². The molecule has 28 nitrogen and oxygen atoms in total. The maximum Gasteiger partial charge on any atom is 0.326 e. The number of likely N-dealkylation sites (tertiary alicyclic amines) is 3. The highest BCUT2D eigenvalue weighted by Gasteiger charge is 2.52. The van der Waals surface area contributed by atoms with Crippen LogP contribution in [0, 0.1) is 17.8 Å². The molecule has 0 radical (unpaired) electrons. The summed E-state index contributed by atoms with van der Waals surface area (Å²) in [4.78, 5) is 154. The number of hydrogen-bond donors (Lipinski definition) is 9. The number of benzene rings is 3. The first-order valence-corrected chi connectivity index (χ1v) is 40.7. The second-order valence-electron chi connectivity index (χ2n) is 30.8. The van der Waals surface area contributed by atoms with Crippen LogP contribution in [0.3, 0.4) is 0 Å². The number of aliphatic carboxylic acids is 5. The molecule has 3 aromatic rings. The average Bonchev–Trinajstić information content (AvgIpc) is 1.56. The molecule has 3 aliphatic carbocycles. The lowest BCUT2D eigenvalue weighted by molar-refractivity contribution is -0.152. The minimum atomic E-state index is -1.07. The summed E-state index contributed by atoms with van der Waals surface area (Å²) < 4.78 is 15.4. The molecule has 0 aromatic heterocycles. The van der Waals surface area contributed by atoms with E-state index in [1.54, 1.807) is 63.2 Å². The molecule has 0 spiro atoms. The molecule has 18 atom stereocenters. The SMILES string of the molecule is CCC[C@H](N[C@@H](C)C(=O)N1[C@H](C(=O)O)C[C@@H]2CCCC[C@@H]21)C(=O)OCC.CCC[C@H](N[C@@H](C)C(=O)N1[C@H](C(=O)O)C[C@@H]2CCCC[C@@H]21)C(=O)OCC.CCOC(=O)[C@H](CCc1ccccc1)N[C@@H](C)C(=O)N1[C@H](C(=O)O)C[C@@H]2CCC[C@@H]21.C[C@H](N[C@@H](CCc1ccccc1)C(=O)O)C(=O)N1Cc2ccccc2C[C@H]1C(=O)O. The lowest BCUT2D eigenvalue weighted by atomic mass is 9.84. The van der Waals surface area contributed by atoms with Crippen molar-refractivity contribution in [3.8, 4) is 0 Å². The van der Waals surface area contributed by atoms with Crippen LogP contribution in [0.25, 0.3) is 0 Å². The van der Waals surface area contributed by atoms with E-state index < -0.39 is 108 Å². The Bertz CT molecular complexity index is 3530. The third-order valence-corrected chi connectivity index (χ3v) is 23.0. The summed E-state index contributed by atoms with van der Waals surface area (Å²) >= 11 is 0. The summed E-state index contributed by atoms with van der Waals surface area (Å²) in [5.74, 6) is -6.32. The van der Waals surface area contributed by atoms with E-state index in [-0.39, 0.29) is 91.1 Å². The smallest absolute Gasteiger partial charge is 0.326 e. The van der Waals surface area contributed by atoms with E-state index in [1.165, 1.54) is 4.90 Å². The van der Waals surface area contributed by atoms with Crippen LogP contribution in [0.2, 0.25) is 0 Å². The molecule has 7 aliphatic rings. The predicted molar refractivity (Wildman–Crippen MR) is 416 cm³/mol. The summed E-state index contributed by atoms with van der Waals surface area (Å²) in [6.07, 6.45) is 17.4. The van der Waals surface area contributed by atoms with Gasteiger partial charge in [-0.1, -0.05) is 144 Å². The Labute approximate surface area is 658 Å². The Hall–Kier alpha value is -8.86. The van der Waals surface area contributed by atoms with Gasteiger partial charge in [0.25, 0.3) is 0 Å². The van der Waals surface area contributed by atoms with Crippen molar-refractivity contribution in [2.24, 2.45) is 17.8 Å². The largest absolute Gasteiger partial charge is 0.480 e. The summed E-state index contributed by atoms with van der Waals surface area (Å²) in [6.45, 7) is 16.9. The zero-order chi connectivity index (χ0) is 81.9. The fourth-order valence-electron chi connectivity index (χ4n) is 17.5. The minimum absolute atomic E-state index is 0.00629. The first-order valence-electron chi connectivity index (χ1n) is 40.7. The van der Waals surface area contributed by atoms with Gasteiger partial charge in [0.15, 0.2) is 0 Å². The minimum Gasteiger partial charge on any atom is -0.480 e. The molecular weight excluding hydrogens is 1440 g/mol. The van der Waals surface area contributed by atoms with Gasteiger partial charge in [0.2, 0.25) is 23.6 Å². The Morgan fingerprint density at radius 1 is 0.384 bits per heavy atom. The van der Waals surface area contributed by atoms with Gasteiger partial charge < -0.3 is 59.3 Å². The van der Waals surface area contributed by atoms with Gasteiger partial charge in [0.05, 0.1) is 44.0 Å². The molecule has 0 bridgehead atoms. The topological polar surface area (TPSA) is 395 Å². The van der Waals surface area contributed by atoms with Gasteiger partial charge in [-0.3, -0.25) is 59.6 Å². The fourth-order valence-corrected chi connectivity index (χ4v) is 17.5. The molecule has 4 aliphatic heterocycles. The fraction of sp³-hybridized carbons (Fsp3) is 0.643. The van der Waals surface area contributed by atoms with Crippen LogP contribution in [0.1, 0.15) is 213 Å². The van der Waals surface area contributed by atoms with Crippen LogP contribution in [-0.2, 0) is 97.6 Å². The monoisotopic (exact) mass is 1560 g/mol. The van der Waals surface area contributed by atoms with Crippen LogP contribution in [0.15, 0.2) is 84.9 Å². The number of carboxylic acids is 5. The van der Waals surface area contributed by atoms with E-state index >= 15 is 0 Å². The van der Waals surface area contributed by atoms with Gasteiger partial charge >= 0.3 is 47.8 Å². The predicted octanol–water partition coefficient (Wildman–Crippen LogP) is 8.35. The van der Waals surface area contributed by atoms with Crippen molar-refractivity contribution in [1.82, 2.24) is 40.9 Å². The van der Waals surface area contributed by atoms with Crippen LogP contribution in [-0.4, -0.2) is 227 Å². The molecule has 4 amide bonds. The third-order valence-electron chi connectivity index (χ3n) is 23.0. The average molecular weight is 1560 g/mol. The van der Waals surface area contributed by atoms with Crippen molar-refractivity contribution >= 4 is 71.4 Å². The number of nitrogens with one attached hydrogen (secondary N) is 4. The highest BCUT2D eigenvalue weighted by Crippen LogP contribution is 2.44. The van der Waals surface area contributed by atoms with Gasteiger partial charge in [-0.25, -0.2) is 19.2 Å². The highest BCUT2D eigenvalue weighted by atomic mass is 16.5. The maximum absolute atomic E-state index is 13.2. The third kappa shape index (κ3) is 24.6. The van der Waals surface area contributed by atoms with Gasteiger partial charge in [-0.05, 0) is 185 Å². The van der Waals surface area contributed by atoms with Crippen LogP contribution in [0.5, 0.6) is 0 Å². The quantitative estimate of drug-likeness (QED) is 0.0204. The molecule has 618 valence electrons. The second-order valence-corrected chi connectivity index (χ2v) is 30.8. The van der Waals surface area contributed by atoms with Crippen LogP contribution < -0.4 is 21.3 Å². The van der Waals surface area contributed by atoms with Gasteiger partial charge in [0.1, 0.15) is 48.3 Å². The highest BCUT2D eigenvalue weighted by molar-refractivity contribution is 5.91. The number of carbonyl (C=O) groups is 12. The summed E-state index contributed by atoms with van der Waals surface area (Å²) in [6, 6.07) is 18.2. The number of aryl methyl sites for hydroxylation is 2. The van der Waals surface area contributed by atoms with E-state index in [9.17, 15) is 83.1 Å². The van der Waals surface area contributed by atoms with E-state index in [1.807, 2.05) is 98.8 Å². The molecule has 3 aromatic carbocycles. The zero-order valence-corrected chi connectivity index (χ0v) is 66.7. The molecule has 112 heavy (non-hydrogen) atoms. The summed E-state index contributed by atoms with van der Waals surface area (Å²) in [5, 5.41) is 60.2. The number of carboxylic acid groups (broad SMARTS) is 5. The van der Waals surface area contributed by atoms with Crippen molar-refractivity contribution in [3.63, 3.8) is 0 Å². The van der Waals surface area contributed by atoms with Crippen LogP contribution in [0.4, 0.5) is 0 Å². The number of nitrogens with zero attached hydrogens (tertiary/aromatic N) is 4. The summed E-state index contributed by atoms with van der Waals surface area (Å²) in [5.41, 5.74) is 3.95. The first-order chi connectivity index (χ1) is 53.6. The number of esters is 3. The number of fused-ring (bicyclic) bond motifs is 4. The Morgan fingerprint density at radius 2 is 0.696 bits per heavy atom. The lowest BCUT2D eigenvalue weighted by Gasteiger charge is -2.36. The van der Waals surface area contributed by atoms with E-state index in [4.69, 9.17) is 14.2 Å². The second kappa shape index (κ2) is 44.6. The maximum atomic E-state index is 13.2. The molecule has 3 saturated carbocycles. The molecule has 4 heterocycles. The summed E-state index contributed by atoms with van der Waals surface area (Å²) in [7, 11) is 0. The molecule has 3 saturated heterocycles. The van der Waals surface area contributed by atoms with Crippen LogP contribution >= 0.6 is 0 Å². The van der Waals surface area contributed by atoms with E-state index in [0.717, 1.165) is 106 Å².